The predicted molar refractivity (Wildman–Crippen MR) is 114 cm³/mol. The summed E-state index contributed by atoms with van der Waals surface area (Å²) in [4.78, 5) is 24.0. The van der Waals surface area contributed by atoms with Gasteiger partial charge in [-0.15, -0.1) is 0 Å². The van der Waals surface area contributed by atoms with Gasteiger partial charge in [0.05, 0.1) is 19.4 Å². The maximum atomic E-state index is 12.0. The number of ether oxygens (including phenoxy) is 2. The molecule has 0 atom stereocenters. The van der Waals surface area contributed by atoms with Gasteiger partial charge in [-0.3, -0.25) is 9.59 Å². The second kappa shape index (κ2) is 11.7. The van der Waals surface area contributed by atoms with Crippen LogP contribution in [0.3, 0.4) is 0 Å². The van der Waals surface area contributed by atoms with Crippen molar-refractivity contribution in [3.8, 4) is 11.5 Å². The van der Waals surface area contributed by atoms with Gasteiger partial charge in [0.2, 0.25) is 0 Å². The van der Waals surface area contributed by atoms with Crippen molar-refractivity contribution >= 4 is 35.3 Å². The first kappa shape index (κ1) is 22.2. The molecular formula is C21H24ClN3O4. The predicted octanol–water partition coefficient (Wildman–Crippen LogP) is 4.01. The third kappa shape index (κ3) is 7.46. The van der Waals surface area contributed by atoms with Crippen LogP contribution >= 0.6 is 11.6 Å². The molecule has 8 heteroatoms. The summed E-state index contributed by atoms with van der Waals surface area (Å²) in [6.45, 7) is 5.17. The fourth-order valence-electron chi connectivity index (χ4n) is 2.22. The summed E-state index contributed by atoms with van der Waals surface area (Å²) in [6, 6.07) is 11.8. The van der Waals surface area contributed by atoms with Crippen LogP contribution < -0.4 is 20.2 Å². The number of hydrazone groups is 1. The molecule has 2 rings (SSSR count). The second-order valence-electron chi connectivity index (χ2n) is 6.06. The van der Waals surface area contributed by atoms with Crippen LogP contribution in [0.1, 0.15) is 32.3 Å². The van der Waals surface area contributed by atoms with Crippen LogP contribution in [0.4, 0.5) is 5.69 Å². The number of nitrogens with one attached hydrogen (secondary N) is 2. The van der Waals surface area contributed by atoms with E-state index >= 15 is 0 Å². The normalized spacial score (nSPS) is 10.6. The van der Waals surface area contributed by atoms with Gasteiger partial charge in [0.15, 0.2) is 0 Å². The molecule has 2 N–H and O–H groups in total. The Morgan fingerprint density at radius 3 is 2.38 bits per heavy atom. The Bertz CT molecular complexity index is 854. The Balaban J connectivity index is 1.91. The highest BCUT2D eigenvalue weighted by Crippen LogP contribution is 2.21. The molecule has 0 aliphatic carbocycles. The first-order valence-electron chi connectivity index (χ1n) is 9.33. The lowest BCUT2D eigenvalue weighted by Crippen LogP contribution is -2.32. The van der Waals surface area contributed by atoms with E-state index in [1.165, 1.54) is 6.21 Å². The smallest absolute Gasteiger partial charge is 0.329 e. The molecule has 7 nitrogen and oxygen atoms in total. The van der Waals surface area contributed by atoms with E-state index in [4.69, 9.17) is 21.1 Å². The number of benzene rings is 2. The molecule has 0 aromatic heterocycles. The van der Waals surface area contributed by atoms with Crippen LogP contribution in [0.2, 0.25) is 5.02 Å². The SMILES string of the molecule is CCCOc1ccc(NC(=O)C(=O)N/N=C\c2cc(Cl)ccc2OCCC)cc1. The summed E-state index contributed by atoms with van der Waals surface area (Å²) in [7, 11) is 0. The van der Waals surface area contributed by atoms with Crippen molar-refractivity contribution in [1.29, 1.82) is 0 Å². The first-order chi connectivity index (χ1) is 14.0. The van der Waals surface area contributed by atoms with E-state index in [2.05, 4.69) is 15.8 Å². The van der Waals surface area contributed by atoms with Crippen molar-refractivity contribution in [2.24, 2.45) is 5.10 Å². The monoisotopic (exact) mass is 417 g/mol. The van der Waals surface area contributed by atoms with Crippen molar-refractivity contribution in [2.75, 3.05) is 18.5 Å². The minimum absolute atomic E-state index is 0.475. The molecular weight excluding hydrogens is 394 g/mol. The zero-order chi connectivity index (χ0) is 21.1. The second-order valence-corrected chi connectivity index (χ2v) is 6.49. The summed E-state index contributed by atoms with van der Waals surface area (Å²) >= 11 is 5.99. The molecule has 2 aromatic rings. The molecule has 0 heterocycles. The van der Waals surface area contributed by atoms with Crippen molar-refractivity contribution in [3.05, 3.63) is 53.1 Å². The van der Waals surface area contributed by atoms with E-state index in [1.54, 1.807) is 42.5 Å². The molecule has 0 aliphatic heterocycles. The topological polar surface area (TPSA) is 89.0 Å². The summed E-state index contributed by atoms with van der Waals surface area (Å²) in [5.74, 6) is -0.450. The maximum absolute atomic E-state index is 12.0. The largest absolute Gasteiger partial charge is 0.494 e. The fraction of sp³-hybridized carbons (Fsp3) is 0.286. The zero-order valence-corrected chi connectivity index (χ0v) is 17.2. The van der Waals surface area contributed by atoms with Gasteiger partial charge in [0.1, 0.15) is 11.5 Å². The van der Waals surface area contributed by atoms with E-state index in [1.807, 2.05) is 13.8 Å². The van der Waals surface area contributed by atoms with E-state index in [9.17, 15) is 9.59 Å². The van der Waals surface area contributed by atoms with Gasteiger partial charge < -0.3 is 14.8 Å². The Hall–Kier alpha value is -3.06. The van der Waals surface area contributed by atoms with Crippen LogP contribution in [-0.4, -0.2) is 31.2 Å². The van der Waals surface area contributed by atoms with Crippen molar-refractivity contribution < 1.29 is 19.1 Å². The molecule has 0 unspecified atom stereocenters. The molecule has 0 saturated carbocycles. The third-order valence-electron chi connectivity index (χ3n) is 3.59. The van der Waals surface area contributed by atoms with Crippen molar-refractivity contribution in [3.63, 3.8) is 0 Å². The lowest BCUT2D eigenvalue weighted by molar-refractivity contribution is -0.136. The Kier molecular flexibility index (Phi) is 8.98. The summed E-state index contributed by atoms with van der Waals surface area (Å²) in [5, 5.41) is 6.82. The average molecular weight is 418 g/mol. The molecule has 154 valence electrons. The lowest BCUT2D eigenvalue weighted by atomic mass is 10.2. The number of carbonyl (C=O) groups excluding carboxylic acids is 2. The molecule has 0 spiro atoms. The summed E-state index contributed by atoms with van der Waals surface area (Å²) in [6.07, 6.45) is 3.13. The fourth-order valence-corrected chi connectivity index (χ4v) is 2.40. The first-order valence-corrected chi connectivity index (χ1v) is 9.70. The number of halogens is 1. The highest BCUT2D eigenvalue weighted by atomic mass is 35.5. The number of hydrogen-bond donors (Lipinski definition) is 2. The quantitative estimate of drug-likeness (QED) is 0.366. The molecule has 2 amide bonds. The highest BCUT2D eigenvalue weighted by molar-refractivity contribution is 6.39. The molecule has 0 saturated heterocycles. The van der Waals surface area contributed by atoms with Crippen LogP contribution in [0.5, 0.6) is 11.5 Å². The molecule has 0 aliphatic rings. The Labute approximate surface area is 175 Å². The number of anilines is 1. The average Bonchev–Trinajstić information content (AvgIpc) is 2.72. The van der Waals surface area contributed by atoms with Crippen molar-refractivity contribution in [1.82, 2.24) is 5.43 Å². The molecule has 29 heavy (non-hydrogen) atoms. The van der Waals surface area contributed by atoms with Gasteiger partial charge in [-0.2, -0.15) is 5.10 Å². The van der Waals surface area contributed by atoms with Gasteiger partial charge >= 0.3 is 11.8 Å². The van der Waals surface area contributed by atoms with E-state index in [0.29, 0.717) is 41.0 Å². The van der Waals surface area contributed by atoms with Gasteiger partial charge in [-0.05, 0) is 55.3 Å². The zero-order valence-electron chi connectivity index (χ0n) is 16.4. The van der Waals surface area contributed by atoms with Crippen LogP contribution in [-0.2, 0) is 9.59 Å². The van der Waals surface area contributed by atoms with Gasteiger partial charge in [0, 0.05) is 16.3 Å². The number of rotatable bonds is 9. The van der Waals surface area contributed by atoms with Crippen molar-refractivity contribution in [2.45, 2.75) is 26.7 Å². The maximum Gasteiger partial charge on any atom is 0.329 e. The van der Waals surface area contributed by atoms with E-state index < -0.39 is 11.8 Å². The third-order valence-corrected chi connectivity index (χ3v) is 3.83. The summed E-state index contributed by atoms with van der Waals surface area (Å²) < 4.78 is 11.1. The van der Waals surface area contributed by atoms with E-state index in [0.717, 1.165) is 12.8 Å². The number of amides is 2. The highest BCUT2D eigenvalue weighted by Gasteiger charge is 2.13. The molecule has 2 aromatic carbocycles. The molecule has 0 radical (unpaired) electrons. The van der Waals surface area contributed by atoms with Crippen LogP contribution in [0.25, 0.3) is 0 Å². The minimum Gasteiger partial charge on any atom is -0.494 e. The Morgan fingerprint density at radius 1 is 1.00 bits per heavy atom. The van der Waals surface area contributed by atoms with Crippen LogP contribution in [0.15, 0.2) is 47.6 Å². The lowest BCUT2D eigenvalue weighted by Gasteiger charge is -2.08. The Morgan fingerprint density at radius 2 is 1.69 bits per heavy atom. The minimum atomic E-state index is -0.898. The number of nitrogens with zero attached hydrogens (tertiary/aromatic N) is 1. The standard InChI is InChI=1S/C21H24ClN3O4/c1-3-11-28-18-8-6-17(7-9-18)24-20(26)21(27)25-23-14-15-13-16(22)5-10-19(15)29-12-4-2/h5-10,13-14H,3-4,11-12H2,1-2H3,(H,24,26)(H,25,27)/b23-14-. The van der Waals surface area contributed by atoms with Gasteiger partial charge in [-0.25, -0.2) is 5.43 Å². The van der Waals surface area contributed by atoms with Gasteiger partial charge in [-0.1, -0.05) is 25.4 Å². The number of carbonyl (C=O) groups is 2. The number of hydrogen-bond acceptors (Lipinski definition) is 5. The van der Waals surface area contributed by atoms with Crippen LogP contribution in [0, 0.1) is 0 Å². The summed E-state index contributed by atoms with van der Waals surface area (Å²) in [5.41, 5.74) is 3.26. The van der Waals surface area contributed by atoms with Gasteiger partial charge in [0.25, 0.3) is 0 Å². The molecule has 0 fully saturated rings. The van der Waals surface area contributed by atoms with E-state index in [-0.39, 0.29) is 0 Å². The molecule has 0 bridgehead atoms.